The predicted octanol–water partition coefficient (Wildman–Crippen LogP) is 5.91. The number of aromatic nitrogens is 1. The first-order chi connectivity index (χ1) is 14.2. The Morgan fingerprint density at radius 3 is 2.66 bits per heavy atom. The number of ether oxygens (including phenoxy) is 1. The lowest BCUT2D eigenvalue weighted by Crippen LogP contribution is -2.09. The quantitative estimate of drug-likeness (QED) is 0.512. The van der Waals surface area contributed by atoms with E-state index in [2.05, 4.69) is 72.7 Å². The summed E-state index contributed by atoms with van der Waals surface area (Å²) in [6.07, 6.45) is 6.12. The molecular formula is C26H30N2O. The molecule has 0 saturated heterocycles. The Bertz CT molecular complexity index is 966. The molecule has 0 radical (unpaired) electrons. The summed E-state index contributed by atoms with van der Waals surface area (Å²) >= 11 is 0. The maximum atomic E-state index is 6.09. The Balaban J connectivity index is 1.39. The fourth-order valence-electron chi connectivity index (χ4n) is 4.30. The molecule has 1 aliphatic carbocycles. The maximum Gasteiger partial charge on any atom is 0.126 e. The molecule has 0 aliphatic heterocycles. The van der Waals surface area contributed by atoms with E-state index in [-0.39, 0.29) is 0 Å². The molecule has 2 aromatic carbocycles. The van der Waals surface area contributed by atoms with Crippen LogP contribution in [0.25, 0.3) is 0 Å². The number of nitrogens with zero attached hydrogens (tertiary/aromatic N) is 1. The number of anilines is 1. The zero-order valence-corrected chi connectivity index (χ0v) is 17.4. The summed E-state index contributed by atoms with van der Waals surface area (Å²) in [5, 5.41) is 3.37. The van der Waals surface area contributed by atoms with Crippen molar-refractivity contribution in [2.75, 3.05) is 18.5 Å². The van der Waals surface area contributed by atoms with Crippen LogP contribution in [-0.4, -0.2) is 18.1 Å². The van der Waals surface area contributed by atoms with E-state index in [9.17, 15) is 0 Å². The molecule has 1 aromatic heterocycles. The van der Waals surface area contributed by atoms with E-state index < -0.39 is 0 Å². The topological polar surface area (TPSA) is 34.1 Å². The molecule has 0 amide bonds. The lowest BCUT2D eigenvalue weighted by Gasteiger charge is -2.19. The number of nitrogens with one attached hydrogen (secondary N) is 1. The molecule has 0 fully saturated rings. The fraction of sp³-hybridized carbons (Fsp3) is 0.346. The van der Waals surface area contributed by atoms with E-state index >= 15 is 0 Å². The normalized spacial score (nSPS) is 15.2. The summed E-state index contributed by atoms with van der Waals surface area (Å²) in [6, 6.07) is 19.7. The van der Waals surface area contributed by atoms with E-state index in [1.54, 1.807) is 0 Å². The molecule has 3 nitrogen and oxygen atoms in total. The van der Waals surface area contributed by atoms with E-state index in [4.69, 9.17) is 4.74 Å². The van der Waals surface area contributed by atoms with Gasteiger partial charge in [-0.3, -0.25) is 0 Å². The Morgan fingerprint density at radius 1 is 1.00 bits per heavy atom. The van der Waals surface area contributed by atoms with Gasteiger partial charge in [-0.05, 0) is 84.7 Å². The molecular weight excluding hydrogens is 356 g/mol. The van der Waals surface area contributed by atoms with Gasteiger partial charge in [-0.15, -0.1) is 0 Å². The van der Waals surface area contributed by atoms with Gasteiger partial charge >= 0.3 is 0 Å². The minimum absolute atomic E-state index is 0.460. The van der Waals surface area contributed by atoms with Gasteiger partial charge in [0.15, 0.2) is 0 Å². The molecule has 4 rings (SSSR count). The molecule has 0 unspecified atom stereocenters. The monoisotopic (exact) mass is 386 g/mol. The molecule has 3 aromatic rings. The van der Waals surface area contributed by atoms with Crippen molar-refractivity contribution in [3.05, 3.63) is 88.6 Å². The van der Waals surface area contributed by atoms with Crippen molar-refractivity contribution in [3.63, 3.8) is 0 Å². The zero-order valence-electron chi connectivity index (χ0n) is 17.4. The highest BCUT2D eigenvalue weighted by atomic mass is 16.5. The summed E-state index contributed by atoms with van der Waals surface area (Å²) in [5.74, 6) is 2.37. The average Bonchev–Trinajstić information content (AvgIpc) is 2.89. The van der Waals surface area contributed by atoms with Gasteiger partial charge in [-0.25, -0.2) is 4.98 Å². The highest BCUT2D eigenvalue weighted by molar-refractivity contribution is 5.47. The van der Waals surface area contributed by atoms with Gasteiger partial charge in [0.05, 0.1) is 6.61 Å². The highest BCUT2D eigenvalue weighted by Gasteiger charge is 2.22. The van der Waals surface area contributed by atoms with E-state index in [0.717, 1.165) is 43.8 Å². The minimum atomic E-state index is 0.460. The molecule has 1 heterocycles. The smallest absolute Gasteiger partial charge is 0.126 e. The lowest BCUT2D eigenvalue weighted by atomic mass is 9.86. The fourth-order valence-corrected chi connectivity index (χ4v) is 4.30. The summed E-state index contributed by atoms with van der Waals surface area (Å²) in [5.41, 5.74) is 7.11. The van der Waals surface area contributed by atoms with Crippen molar-refractivity contribution in [2.24, 2.45) is 0 Å². The Kier molecular flexibility index (Phi) is 6.14. The molecule has 0 spiro atoms. The van der Waals surface area contributed by atoms with E-state index in [1.807, 2.05) is 12.3 Å². The molecule has 1 N–H and O–H groups in total. The largest absolute Gasteiger partial charge is 0.494 e. The van der Waals surface area contributed by atoms with Crippen molar-refractivity contribution < 1.29 is 4.74 Å². The lowest BCUT2D eigenvalue weighted by molar-refractivity contribution is 0.314. The third kappa shape index (κ3) is 4.61. The second-order valence-electron chi connectivity index (χ2n) is 7.87. The standard InChI is InChI=1S/C26H30N2O/c1-3-23-24-8-5-4-7-20(24)9-10-21-11-12-22(18-25(21)23)29-16-6-14-27-26-17-19(2)13-15-28-26/h4-5,7-8,11-13,15,17-18,23H,3,6,9-10,14,16H2,1-2H3,(H,27,28)/t23-/m0/s1. The molecule has 0 bridgehead atoms. The Labute approximate surface area is 174 Å². The molecule has 29 heavy (non-hydrogen) atoms. The first kappa shape index (κ1) is 19.5. The summed E-state index contributed by atoms with van der Waals surface area (Å²) in [4.78, 5) is 4.34. The second kappa shape index (κ2) is 9.13. The van der Waals surface area contributed by atoms with Gasteiger partial charge in [0.2, 0.25) is 0 Å². The first-order valence-corrected chi connectivity index (χ1v) is 10.7. The Hall–Kier alpha value is -2.81. The average molecular weight is 387 g/mol. The van der Waals surface area contributed by atoms with E-state index in [1.165, 1.54) is 27.8 Å². The van der Waals surface area contributed by atoms with Crippen LogP contribution in [0.1, 0.15) is 53.5 Å². The Morgan fingerprint density at radius 2 is 1.83 bits per heavy atom. The van der Waals surface area contributed by atoms with Gasteiger partial charge in [-0.1, -0.05) is 37.3 Å². The van der Waals surface area contributed by atoms with Gasteiger partial charge in [0, 0.05) is 18.7 Å². The SMILES string of the molecule is CC[C@H]1c2ccccc2CCc2ccc(OCCCNc3cc(C)ccn3)cc21. The summed E-state index contributed by atoms with van der Waals surface area (Å²) in [7, 11) is 0. The van der Waals surface area contributed by atoms with Crippen LogP contribution in [0.5, 0.6) is 5.75 Å². The van der Waals surface area contributed by atoms with Crippen molar-refractivity contribution in [2.45, 2.75) is 45.4 Å². The first-order valence-electron chi connectivity index (χ1n) is 10.7. The highest BCUT2D eigenvalue weighted by Crippen LogP contribution is 2.37. The number of pyridine rings is 1. The van der Waals surface area contributed by atoms with Crippen molar-refractivity contribution in [1.29, 1.82) is 0 Å². The van der Waals surface area contributed by atoms with Crippen LogP contribution in [0.4, 0.5) is 5.82 Å². The van der Waals surface area contributed by atoms with Gasteiger partial charge in [0.25, 0.3) is 0 Å². The van der Waals surface area contributed by atoms with Gasteiger partial charge in [0.1, 0.15) is 11.6 Å². The number of hydrogen-bond donors (Lipinski definition) is 1. The van der Waals surface area contributed by atoms with E-state index in [0.29, 0.717) is 12.5 Å². The van der Waals surface area contributed by atoms with Crippen LogP contribution < -0.4 is 10.1 Å². The number of rotatable bonds is 7. The second-order valence-corrected chi connectivity index (χ2v) is 7.87. The maximum absolute atomic E-state index is 6.09. The van der Waals surface area contributed by atoms with Crippen molar-refractivity contribution >= 4 is 5.82 Å². The molecule has 1 aliphatic rings. The van der Waals surface area contributed by atoms with Crippen LogP contribution in [0, 0.1) is 6.92 Å². The summed E-state index contributed by atoms with van der Waals surface area (Å²) < 4.78 is 6.09. The van der Waals surface area contributed by atoms with Crippen LogP contribution in [0.2, 0.25) is 0 Å². The van der Waals surface area contributed by atoms with Crippen molar-refractivity contribution in [1.82, 2.24) is 4.98 Å². The number of aryl methyl sites for hydroxylation is 3. The number of hydrogen-bond acceptors (Lipinski definition) is 3. The molecule has 150 valence electrons. The van der Waals surface area contributed by atoms with Crippen LogP contribution in [0.15, 0.2) is 60.8 Å². The third-order valence-corrected chi connectivity index (χ3v) is 5.81. The predicted molar refractivity (Wildman–Crippen MR) is 120 cm³/mol. The number of benzene rings is 2. The minimum Gasteiger partial charge on any atom is -0.494 e. The molecule has 0 saturated carbocycles. The van der Waals surface area contributed by atoms with Crippen LogP contribution in [-0.2, 0) is 12.8 Å². The van der Waals surface area contributed by atoms with Gasteiger partial charge < -0.3 is 10.1 Å². The van der Waals surface area contributed by atoms with Gasteiger partial charge in [-0.2, -0.15) is 0 Å². The molecule has 1 atom stereocenters. The van der Waals surface area contributed by atoms with Crippen LogP contribution in [0.3, 0.4) is 0 Å². The van der Waals surface area contributed by atoms with Crippen LogP contribution >= 0.6 is 0 Å². The molecule has 3 heteroatoms. The third-order valence-electron chi connectivity index (χ3n) is 5.81. The summed E-state index contributed by atoms with van der Waals surface area (Å²) in [6.45, 7) is 5.92. The van der Waals surface area contributed by atoms with Crippen molar-refractivity contribution in [3.8, 4) is 5.75 Å². The zero-order chi connectivity index (χ0) is 20.1. The number of fused-ring (bicyclic) bond motifs is 2.